The summed E-state index contributed by atoms with van der Waals surface area (Å²) in [5.41, 5.74) is 2.06. The summed E-state index contributed by atoms with van der Waals surface area (Å²) in [6, 6.07) is 7.33. The molecule has 0 unspecified atom stereocenters. The number of aliphatic imine (C=N–C) groups is 1. The van der Waals surface area contributed by atoms with Crippen molar-refractivity contribution in [3.63, 3.8) is 0 Å². The molecule has 3 heterocycles. The summed E-state index contributed by atoms with van der Waals surface area (Å²) in [6.45, 7) is 11.1. The summed E-state index contributed by atoms with van der Waals surface area (Å²) >= 11 is 0. The van der Waals surface area contributed by atoms with E-state index in [4.69, 9.17) is 9.52 Å². The predicted molar refractivity (Wildman–Crippen MR) is 129 cm³/mol. The number of halogens is 1. The number of nitrogens with zero attached hydrogens (tertiary/aromatic N) is 5. The molecule has 1 N–H and O–H groups in total. The van der Waals surface area contributed by atoms with E-state index < -0.39 is 0 Å². The Morgan fingerprint density at radius 3 is 2.67 bits per heavy atom. The van der Waals surface area contributed by atoms with Crippen molar-refractivity contribution < 1.29 is 4.52 Å². The molecule has 0 radical (unpaired) electrons. The zero-order valence-electron chi connectivity index (χ0n) is 17.9. The van der Waals surface area contributed by atoms with E-state index in [0.29, 0.717) is 0 Å². The molecule has 1 fully saturated rings. The molecule has 0 atom stereocenters. The second kappa shape index (κ2) is 12.7. The maximum absolute atomic E-state index is 11.9. The lowest BCUT2D eigenvalue weighted by molar-refractivity contribution is 0.169. The fourth-order valence-electron chi connectivity index (χ4n) is 3.57. The van der Waals surface area contributed by atoms with Gasteiger partial charge in [-0.3, -0.25) is 14.7 Å². The molecule has 0 amide bonds. The summed E-state index contributed by atoms with van der Waals surface area (Å²) < 4.78 is 6.75. The molecule has 0 bridgehead atoms. The second-order valence-corrected chi connectivity index (χ2v) is 7.35. The van der Waals surface area contributed by atoms with E-state index in [2.05, 4.69) is 27.2 Å². The molecule has 166 valence electrons. The van der Waals surface area contributed by atoms with E-state index in [1.807, 2.05) is 29.7 Å². The monoisotopic (exact) mass is 528 g/mol. The number of guanidine groups is 1. The van der Waals surface area contributed by atoms with E-state index in [-0.39, 0.29) is 29.5 Å². The molecule has 8 nitrogen and oxygen atoms in total. The molecule has 2 aromatic heterocycles. The topological polar surface area (TPSA) is 78.9 Å². The molecule has 0 spiro atoms. The van der Waals surface area contributed by atoms with E-state index >= 15 is 0 Å². The minimum atomic E-state index is 0. The average Bonchev–Trinajstić information content (AvgIpc) is 3.22. The Bertz CT molecular complexity index is 828. The van der Waals surface area contributed by atoms with Gasteiger partial charge in [-0.05, 0) is 32.8 Å². The zero-order chi connectivity index (χ0) is 20.5. The number of nitrogens with one attached hydrogen (secondary N) is 1. The van der Waals surface area contributed by atoms with Gasteiger partial charge in [0, 0.05) is 70.2 Å². The first-order valence-electron chi connectivity index (χ1n) is 10.5. The maximum Gasteiger partial charge on any atom is 0.250 e. The van der Waals surface area contributed by atoms with Gasteiger partial charge < -0.3 is 19.3 Å². The first-order valence-corrected chi connectivity index (χ1v) is 10.5. The van der Waals surface area contributed by atoms with Crippen molar-refractivity contribution in [2.75, 3.05) is 39.3 Å². The third kappa shape index (κ3) is 7.12. The third-order valence-corrected chi connectivity index (χ3v) is 5.20. The number of aromatic nitrogens is 2. The third-order valence-electron chi connectivity index (χ3n) is 5.20. The molecular formula is C21H33IN6O2. The van der Waals surface area contributed by atoms with Crippen LogP contribution in [0.3, 0.4) is 0 Å². The highest BCUT2D eigenvalue weighted by molar-refractivity contribution is 14.0. The number of unbranched alkanes of at least 4 members (excludes halogenated alkanes) is 1. The normalized spacial score (nSPS) is 15.1. The Morgan fingerprint density at radius 1 is 1.20 bits per heavy atom. The van der Waals surface area contributed by atoms with Crippen LogP contribution in [-0.4, -0.2) is 64.8 Å². The Morgan fingerprint density at radius 2 is 2.00 bits per heavy atom. The van der Waals surface area contributed by atoms with Gasteiger partial charge in [-0.25, -0.2) is 0 Å². The molecule has 3 rings (SSSR count). The van der Waals surface area contributed by atoms with Crippen LogP contribution in [0.25, 0.3) is 0 Å². The first kappa shape index (κ1) is 24.4. The number of hydrogen-bond donors (Lipinski definition) is 1. The highest BCUT2D eigenvalue weighted by Crippen LogP contribution is 2.07. The van der Waals surface area contributed by atoms with Gasteiger partial charge in [-0.2, -0.15) is 0 Å². The first-order chi connectivity index (χ1) is 14.2. The van der Waals surface area contributed by atoms with Gasteiger partial charge >= 0.3 is 0 Å². The minimum Gasteiger partial charge on any atom is -0.364 e. The van der Waals surface area contributed by atoms with Gasteiger partial charge in [-0.1, -0.05) is 11.2 Å². The van der Waals surface area contributed by atoms with Crippen molar-refractivity contribution in [1.29, 1.82) is 0 Å². The number of pyridine rings is 1. The highest BCUT2D eigenvalue weighted by Gasteiger charge is 2.20. The van der Waals surface area contributed by atoms with Crippen LogP contribution in [0.1, 0.15) is 31.2 Å². The molecule has 2 aromatic rings. The van der Waals surface area contributed by atoms with Crippen molar-refractivity contribution in [2.24, 2.45) is 4.99 Å². The molecule has 0 aliphatic carbocycles. The number of hydrogen-bond acceptors (Lipinski definition) is 5. The second-order valence-electron chi connectivity index (χ2n) is 7.35. The lowest BCUT2D eigenvalue weighted by atomic mass is 10.2. The summed E-state index contributed by atoms with van der Waals surface area (Å²) in [4.78, 5) is 21.5. The maximum atomic E-state index is 11.9. The lowest BCUT2D eigenvalue weighted by Crippen LogP contribution is -2.52. The largest absolute Gasteiger partial charge is 0.364 e. The Balaban J connectivity index is 0.00000320. The highest BCUT2D eigenvalue weighted by atomic mass is 127. The minimum absolute atomic E-state index is 0. The van der Waals surface area contributed by atoms with E-state index in [1.54, 1.807) is 12.3 Å². The van der Waals surface area contributed by atoms with E-state index in [9.17, 15) is 4.79 Å². The molecular weight excluding hydrogens is 495 g/mol. The van der Waals surface area contributed by atoms with Crippen LogP contribution in [0.2, 0.25) is 0 Å². The number of piperazine rings is 1. The van der Waals surface area contributed by atoms with Crippen LogP contribution in [0.4, 0.5) is 0 Å². The van der Waals surface area contributed by atoms with Crippen LogP contribution in [-0.2, 0) is 13.1 Å². The predicted octanol–water partition coefficient (Wildman–Crippen LogP) is 2.33. The lowest BCUT2D eigenvalue weighted by Gasteiger charge is -2.36. The smallest absolute Gasteiger partial charge is 0.250 e. The van der Waals surface area contributed by atoms with Crippen LogP contribution >= 0.6 is 24.0 Å². The van der Waals surface area contributed by atoms with Gasteiger partial charge in [0.2, 0.25) is 0 Å². The van der Waals surface area contributed by atoms with E-state index in [1.165, 1.54) is 0 Å². The molecule has 1 aliphatic rings. The molecule has 1 saturated heterocycles. The van der Waals surface area contributed by atoms with Gasteiger partial charge in [0.1, 0.15) is 6.26 Å². The van der Waals surface area contributed by atoms with Crippen LogP contribution < -0.4 is 10.9 Å². The number of rotatable bonds is 8. The molecule has 30 heavy (non-hydrogen) atoms. The molecule has 0 saturated carbocycles. The molecule has 9 heteroatoms. The van der Waals surface area contributed by atoms with Gasteiger partial charge in [-0.15, -0.1) is 24.0 Å². The SMILES string of the molecule is CCNC(=NCCCCn1c(C)cccc1=O)N1CCN(Cc2ccon2)CC1.I. The Kier molecular flexibility index (Phi) is 10.4. The summed E-state index contributed by atoms with van der Waals surface area (Å²) in [7, 11) is 0. The van der Waals surface area contributed by atoms with Gasteiger partial charge in [0.25, 0.3) is 5.56 Å². The summed E-state index contributed by atoms with van der Waals surface area (Å²) in [6.07, 6.45) is 3.53. The van der Waals surface area contributed by atoms with Gasteiger partial charge in [0.15, 0.2) is 5.96 Å². The standard InChI is InChI=1S/C21H32N6O2.HI/c1-3-22-21(23-10-4-5-11-27-18(2)7-6-8-20(27)28)26-14-12-25(13-15-26)17-19-9-16-29-24-19;/h6-9,16H,3-5,10-15,17H2,1-2H3,(H,22,23);1H. The van der Waals surface area contributed by atoms with Crippen LogP contribution in [0.15, 0.2) is 44.8 Å². The summed E-state index contributed by atoms with van der Waals surface area (Å²) in [5, 5.41) is 7.41. The molecule has 0 aromatic carbocycles. The van der Waals surface area contributed by atoms with Crippen LogP contribution in [0.5, 0.6) is 0 Å². The fourth-order valence-corrected chi connectivity index (χ4v) is 3.57. The fraction of sp³-hybridized carbons (Fsp3) is 0.571. The van der Waals surface area contributed by atoms with Crippen molar-refractivity contribution in [3.8, 4) is 0 Å². The average molecular weight is 528 g/mol. The summed E-state index contributed by atoms with van der Waals surface area (Å²) in [5.74, 6) is 0.988. The van der Waals surface area contributed by atoms with Crippen molar-refractivity contribution in [3.05, 3.63) is 52.3 Å². The Labute approximate surface area is 195 Å². The quantitative estimate of drug-likeness (QED) is 0.245. The van der Waals surface area contributed by atoms with Crippen molar-refractivity contribution in [1.82, 2.24) is 24.8 Å². The number of aryl methyl sites for hydroxylation is 1. The zero-order valence-corrected chi connectivity index (χ0v) is 20.2. The molecule has 1 aliphatic heterocycles. The van der Waals surface area contributed by atoms with Gasteiger partial charge in [0.05, 0.1) is 5.69 Å². The van der Waals surface area contributed by atoms with Crippen molar-refractivity contribution >= 4 is 29.9 Å². The Hall–Kier alpha value is -1.88. The van der Waals surface area contributed by atoms with E-state index in [0.717, 1.165) is 82.5 Å². The van der Waals surface area contributed by atoms with Crippen LogP contribution in [0, 0.1) is 6.92 Å². The van der Waals surface area contributed by atoms with Crippen molar-refractivity contribution in [2.45, 2.75) is 39.8 Å².